The van der Waals surface area contributed by atoms with Crippen molar-refractivity contribution in [1.82, 2.24) is 9.80 Å². The second-order valence-corrected chi connectivity index (χ2v) is 6.93. The summed E-state index contributed by atoms with van der Waals surface area (Å²) in [5.41, 5.74) is 0.873. The van der Waals surface area contributed by atoms with E-state index in [-0.39, 0.29) is 24.3 Å². The van der Waals surface area contributed by atoms with Crippen LogP contribution in [0.15, 0.2) is 18.2 Å². The second kappa shape index (κ2) is 9.78. The first kappa shape index (κ1) is 20.5. The normalized spacial score (nSPS) is 17.1. The van der Waals surface area contributed by atoms with Gasteiger partial charge in [0.1, 0.15) is 12.4 Å². The van der Waals surface area contributed by atoms with Crippen molar-refractivity contribution in [2.45, 2.75) is 26.3 Å². The Bertz CT molecular complexity index is 638. The minimum Gasteiger partial charge on any atom is -0.494 e. The summed E-state index contributed by atoms with van der Waals surface area (Å²) in [5, 5.41) is 0.610. The number of carbonyl (C=O) groups is 2. The molecule has 144 valence electrons. The van der Waals surface area contributed by atoms with E-state index in [1.54, 1.807) is 22.9 Å². The highest BCUT2D eigenvalue weighted by atomic mass is 35.5. The molecule has 1 aromatic rings. The number of ether oxygens (including phenoxy) is 2. The van der Waals surface area contributed by atoms with Gasteiger partial charge in [0.15, 0.2) is 0 Å². The molecule has 0 bridgehead atoms. The van der Waals surface area contributed by atoms with Gasteiger partial charge in [-0.15, -0.1) is 0 Å². The van der Waals surface area contributed by atoms with Gasteiger partial charge in [-0.05, 0) is 38.0 Å². The van der Waals surface area contributed by atoms with Gasteiger partial charge in [-0.2, -0.15) is 0 Å². The number of nitrogens with zero attached hydrogens (tertiary/aromatic N) is 2. The number of methoxy groups -OCH3 is 1. The molecule has 1 aromatic carbocycles. The average molecular weight is 383 g/mol. The van der Waals surface area contributed by atoms with Gasteiger partial charge in [0.2, 0.25) is 11.8 Å². The average Bonchev–Trinajstić information content (AvgIpc) is 2.63. The van der Waals surface area contributed by atoms with Gasteiger partial charge in [-0.3, -0.25) is 9.59 Å². The van der Waals surface area contributed by atoms with Crippen LogP contribution in [0.2, 0.25) is 5.02 Å². The minimum atomic E-state index is -0.190. The fourth-order valence-corrected chi connectivity index (χ4v) is 3.43. The Kier molecular flexibility index (Phi) is 7.72. The lowest BCUT2D eigenvalue weighted by Crippen LogP contribution is -2.46. The fraction of sp³-hybridized carbons (Fsp3) is 0.579. The van der Waals surface area contributed by atoms with Gasteiger partial charge < -0.3 is 19.3 Å². The maximum absolute atomic E-state index is 12.9. The number of carbonyl (C=O) groups excluding carboxylic acids is 2. The number of rotatable bonds is 7. The molecule has 0 unspecified atom stereocenters. The molecule has 0 spiro atoms. The Morgan fingerprint density at radius 1 is 1.38 bits per heavy atom. The Morgan fingerprint density at radius 3 is 2.85 bits per heavy atom. The number of amides is 2. The van der Waals surface area contributed by atoms with Crippen LogP contribution in [0.1, 0.15) is 25.3 Å². The molecule has 0 N–H and O–H groups in total. The molecule has 1 heterocycles. The summed E-state index contributed by atoms with van der Waals surface area (Å²) in [6, 6.07) is 5.43. The molecule has 26 heavy (non-hydrogen) atoms. The van der Waals surface area contributed by atoms with E-state index in [1.165, 1.54) is 7.11 Å². The highest BCUT2D eigenvalue weighted by Gasteiger charge is 2.30. The molecule has 0 aromatic heterocycles. The number of halogens is 1. The van der Waals surface area contributed by atoms with Crippen LogP contribution in [0, 0.1) is 5.92 Å². The van der Waals surface area contributed by atoms with E-state index in [1.807, 2.05) is 19.1 Å². The first-order valence-corrected chi connectivity index (χ1v) is 9.27. The van der Waals surface area contributed by atoms with Crippen LogP contribution in [0.3, 0.4) is 0 Å². The monoisotopic (exact) mass is 382 g/mol. The van der Waals surface area contributed by atoms with Gasteiger partial charge in [0.05, 0.1) is 12.5 Å². The third-order valence-corrected chi connectivity index (χ3v) is 4.73. The molecule has 1 fully saturated rings. The smallest absolute Gasteiger partial charge is 0.248 e. The Balaban J connectivity index is 2.03. The predicted molar refractivity (Wildman–Crippen MR) is 100 cm³/mol. The minimum absolute atomic E-state index is 0.0299. The third kappa shape index (κ3) is 5.35. The van der Waals surface area contributed by atoms with E-state index in [2.05, 4.69) is 0 Å². The van der Waals surface area contributed by atoms with Gasteiger partial charge in [0, 0.05) is 44.4 Å². The molecule has 1 aliphatic rings. The van der Waals surface area contributed by atoms with Crippen molar-refractivity contribution >= 4 is 23.4 Å². The van der Waals surface area contributed by atoms with Crippen LogP contribution in [0.25, 0.3) is 0 Å². The number of hydrogen-bond acceptors (Lipinski definition) is 4. The zero-order valence-electron chi connectivity index (χ0n) is 15.7. The molecule has 6 nitrogen and oxygen atoms in total. The molecule has 1 aliphatic heterocycles. The van der Waals surface area contributed by atoms with Gasteiger partial charge in [-0.25, -0.2) is 0 Å². The Morgan fingerprint density at radius 2 is 2.15 bits per heavy atom. The first-order chi connectivity index (χ1) is 12.5. The maximum Gasteiger partial charge on any atom is 0.248 e. The molecule has 7 heteroatoms. The molecule has 2 rings (SSSR count). The lowest BCUT2D eigenvalue weighted by Gasteiger charge is -2.34. The van der Waals surface area contributed by atoms with Gasteiger partial charge >= 0.3 is 0 Å². The van der Waals surface area contributed by atoms with E-state index in [9.17, 15) is 9.59 Å². The summed E-state index contributed by atoms with van der Waals surface area (Å²) in [4.78, 5) is 28.3. The van der Waals surface area contributed by atoms with E-state index in [4.69, 9.17) is 21.1 Å². The molecular formula is C19H27ClN2O4. The summed E-state index contributed by atoms with van der Waals surface area (Å²) >= 11 is 6.10. The van der Waals surface area contributed by atoms with Crippen LogP contribution >= 0.6 is 11.6 Å². The molecule has 2 amide bonds. The first-order valence-electron chi connectivity index (χ1n) is 8.89. The van der Waals surface area contributed by atoms with Crippen molar-refractivity contribution in [1.29, 1.82) is 0 Å². The van der Waals surface area contributed by atoms with Crippen molar-refractivity contribution in [2.75, 3.05) is 40.5 Å². The van der Waals surface area contributed by atoms with Crippen LogP contribution in [-0.4, -0.2) is 62.1 Å². The van der Waals surface area contributed by atoms with Crippen molar-refractivity contribution in [3.05, 3.63) is 28.8 Å². The third-order valence-electron chi connectivity index (χ3n) is 4.50. The Hall–Kier alpha value is -1.79. The summed E-state index contributed by atoms with van der Waals surface area (Å²) in [7, 11) is 3.27. The molecule has 1 atom stereocenters. The number of piperidine rings is 1. The second-order valence-electron chi connectivity index (χ2n) is 6.49. The summed E-state index contributed by atoms with van der Waals surface area (Å²) < 4.78 is 10.5. The molecular weight excluding hydrogens is 356 g/mol. The zero-order chi connectivity index (χ0) is 19.1. The van der Waals surface area contributed by atoms with E-state index >= 15 is 0 Å². The standard InChI is InChI=1S/C19H27ClN2O4/c1-4-26-17-8-7-16(20)10-15(17)11-21(2)19(24)14-6-5-9-22(12-14)18(23)13-25-3/h7-8,10,14H,4-6,9,11-13H2,1-3H3/t14-/m1/s1. The largest absolute Gasteiger partial charge is 0.494 e. The van der Waals surface area contributed by atoms with Crippen LogP contribution < -0.4 is 4.74 Å². The van der Waals surface area contributed by atoms with Crippen LogP contribution in [0.4, 0.5) is 0 Å². The van der Waals surface area contributed by atoms with Gasteiger partial charge in [-0.1, -0.05) is 11.6 Å². The van der Waals surface area contributed by atoms with Crippen molar-refractivity contribution in [3.8, 4) is 5.75 Å². The highest BCUT2D eigenvalue weighted by Crippen LogP contribution is 2.26. The topological polar surface area (TPSA) is 59.1 Å². The highest BCUT2D eigenvalue weighted by molar-refractivity contribution is 6.30. The summed E-state index contributed by atoms with van der Waals surface area (Å²) in [5.74, 6) is 0.504. The maximum atomic E-state index is 12.9. The lowest BCUT2D eigenvalue weighted by molar-refractivity contribution is -0.142. The summed E-state index contributed by atoms with van der Waals surface area (Å²) in [6.45, 7) is 4.05. The van der Waals surface area contributed by atoms with E-state index in [0.717, 1.165) is 24.2 Å². The molecule has 0 aliphatic carbocycles. The van der Waals surface area contributed by atoms with Crippen LogP contribution in [-0.2, 0) is 20.9 Å². The van der Waals surface area contributed by atoms with Crippen LogP contribution in [0.5, 0.6) is 5.75 Å². The number of likely N-dealkylation sites (tertiary alicyclic amines) is 1. The quantitative estimate of drug-likeness (QED) is 0.727. The van der Waals surface area contributed by atoms with Gasteiger partial charge in [0.25, 0.3) is 0 Å². The SMILES string of the molecule is CCOc1ccc(Cl)cc1CN(C)C(=O)[C@@H]1CCCN(C(=O)COC)C1. The molecule has 1 saturated heterocycles. The number of hydrogen-bond donors (Lipinski definition) is 0. The molecule has 0 saturated carbocycles. The van der Waals surface area contributed by atoms with Crippen molar-refractivity contribution < 1.29 is 19.1 Å². The fourth-order valence-electron chi connectivity index (χ4n) is 3.23. The lowest BCUT2D eigenvalue weighted by atomic mass is 9.96. The zero-order valence-corrected chi connectivity index (χ0v) is 16.4. The Labute approximate surface area is 160 Å². The summed E-state index contributed by atoms with van der Waals surface area (Å²) in [6.07, 6.45) is 1.61. The van der Waals surface area contributed by atoms with E-state index < -0.39 is 0 Å². The number of benzene rings is 1. The van der Waals surface area contributed by atoms with Crippen molar-refractivity contribution in [3.63, 3.8) is 0 Å². The van der Waals surface area contributed by atoms with E-state index in [0.29, 0.717) is 31.3 Å². The van der Waals surface area contributed by atoms with Crippen molar-refractivity contribution in [2.24, 2.45) is 5.92 Å². The predicted octanol–water partition coefficient (Wildman–Crippen LogP) is 2.58. The molecule has 0 radical (unpaired) electrons.